The van der Waals surface area contributed by atoms with E-state index in [9.17, 15) is 0 Å². The van der Waals surface area contributed by atoms with Crippen LogP contribution in [0.25, 0.3) is 0 Å². The van der Waals surface area contributed by atoms with E-state index in [1.165, 1.54) is 0 Å². The number of rotatable bonds is 6. The summed E-state index contributed by atoms with van der Waals surface area (Å²) in [7, 11) is 2.00. The van der Waals surface area contributed by atoms with Crippen molar-refractivity contribution in [2.75, 3.05) is 20.1 Å². The van der Waals surface area contributed by atoms with Crippen LogP contribution in [0.15, 0.2) is 18.2 Å². The fraction of sp³-hybridized carbons (Fsp3) is 0.462. The van der Waals surface area contributed by atoms with Gasteiger partial charge in [0, 0.05) is 13.1 Å². The van der Waals surface area contributed by atoms with Crippen molar-refractivity contribution < 1.29 is 0 Å². The molecule has 16 heavy (non-hydrogen) atoms. The zero-order valence-corrected chi connectivity index (χ0v) is 10.0. The number of hydrogen-bond donors (Lipinski definition) is 1. The van der Waals surface area contributed by atoms with Gasteiger partial charge in [-0.3, -0.25) is 9.88 Å². The van der Waals surface area contributed by atoms with Gasteiger partial charge in [0.1, 0.15) is 0 Å². The second kappa shape index (κ2) is 7.00. The van der Waals surface area contributed by atoms with E-state index in [2.05, 4.69) is 28.0 Å². The topological polar surface area (TPSA) is 28.2 Å². The summed E-state index contributed by atoms with van der Waals surface area (Å²) in [4.78, 5) is 6.63. The fourth-order valence-electron chi connectivity index (χ4n) is 1.46. The number of hydrogen-bond acceptors (Lipinski definition) is 3. The highest BCUT2D eigenvalue weighted by molar-refractivity contribution is 5.11. The Morgan fingerprint density at radius 1 is 1.44 bits per heavy atom. The van der Waals surface area contributed by atoms with Crippen molar-refractivity contribution in [3.05, 3.63) is 29.6 Å². The molecule has 0 fully saturated rings. The Labute approximate surface area is 97.9 Å². The molecule has 3 heteroatoms. The minimum atomic E-state index is 0.652. The predicted molar refractivity (Wildman–Crippen MR) is 66.8 cm³/mol. The summed E-state index contributed by atoms with van der Waals surface area (Å²) in [5, 5.41) is 3.26. The quantitative estimate of drug-likeness (QED) is 0.727. The molecule has 86 valence electrons. The highest BCUT2D eigenvalue weighted by Crippen LogP contribution is 2.02. The molecule has 0 radical (unpaired) electrons. The van der Waals surface area contributed by atoms with Crippen molar-refractivity contribution in [3.63, 3.8) is 0 Å². The lowest BCUT2D eigenvalue weighted by Gasteiger charge is -2.13. The summed E-state index contributed by atoms with van der Waals surface area (Å²) in [5.41, 5.74) is 2.14. The third-order valence-electron chi connectivity index (χ3n) is 2.21. The van der Waals surface area contributed by atoms with E-state index in [-0.39, 0.29) is 0 Å². The van der Waals surface area contributed by atoms with Crippen molar-refractivity contribution in [3.8, 4) is 12.3 Å². The minimum absolute atomic E-state index is 0.652. The van der Waals surface area contributed by atoms with Gasteiger partial charge in [-0.25, -0.2) is 0 Å². The minimum Gasteiger partial charge on any atom is -0.311 e. The average molecular weight is 217 g/mol. The van der Waals surface area contributed by atoms with Crippen LogP contribution in [-0.2, 0) is 13.1 Å². The van der Waals surface area contributed by atoms with Crippen LogP contribution in [0.3, 0.4) is 0 Å². The first-order chi connectivity index (χ1) is 7.76. The molecule has 0 atom stereocenters. The molecule has 1 N–H and O–H groups in total. The van der Waals surface area contributed by atoms with E-state index < -0.39 is 0 Å². The van der Waals surface area contributed by atoms with Crippen molar-refractivity contribution in [2.45, 2.75) is 20.0 Å². The van der Waals surface area contributed by atoms with Gasteiger partial charge in [-0.2, -0.15) is 0 Å². The normalized spacial score (nSPS) is 10.4. The first kappa shape index (κ1) is 12.7. The number of aromatic nitrogens is 1. The zero-order valence-electron chi connectivity index (χ0n) is 10.0. The molecule has 0 saturated carbocycles. The fourth-order valence-corrected chi connectivity index (χ4v) is 1.46. The largest absolute Gasteiger partial charge is 0.311 e. The van der Waals surface area contributed by atoms with Gasteiger partial charge in [-0.15, -0.1) is 6.42 Å². The van der Waals surface area contributed by atoms with Gasteiger partial charge in [0.15, 0.2) is 0 Å². The van der Waals surface area contributed by atoms with Crippen LogP contribution < -0.4 is 5.32 Å². The molecule has 0 aliphatic carbocycles. The van der Waals surface area contributed by atoms with E-state index in [1.807, 2.05) is 25.2 Å². The Kier molecular flexibility index (Phi) is 5.55. The lowest BCUT2D eigenvalue weighted by molar-refractivity contribution is 0.363. The predicted octanol–water partition coefficient (Wildman–Crippen LogP) is 1.26. The molecule has 0 saturated heterocycles. The van der Waals surface area contributed by atoms with E-state index in [4.69, 9.17) is 6.42 Å². The molecule has 1 heterocycles. The maximum Gasteiger partial charge on any atom is 0.0599 e. The van der Waals surface area contributed by atoms with E-state index in [1.54, 1.807) is 0 Å². The van der Waals surface area contributed by atoms with E-state index in [0.717, 1.165) is 31.0 Å². The highest BCUT2D eigenvalue weighted by Gasteiger charge is 2.01. The SMILES string of the molecule is C#CCN(C)Cc1cccc(CNCC)n1. The van der Waals surface area contributed by atoms with Crippen molar-refractivity contribution in [2.24, 2.45) is 0 Å². The van der Waals surface area contributed by atoms with Gasteiger partial charge in [-0.1, -0.05) is 18.9 Å². The third kappa shape index (κ3) is 4.43. The van der Waals surface area contributed by atoms with Crippen molar-refractivity contribution >= 4 is 0 Å². The molecule has 0 bridgehead atoms. The van der Waals surface area contributed by atoms with Crippen LogP contribution in [0.5, 0.6) is 0 Å². The lowest BCUT2D eigenvalue weighted by Crippen LogP contribution is -2.19. The maximum atomic E-state index is 5.26. The van der Waals surface area contributed by atoms with Gasteiger partial charge < -0.3 is 5.32 Å². The molecule has 0 unspecified atom stereocenters. The number of terminal acetylenes is 1. The second-order valence-electron chi connectivity index (χ2n) is 3.78. The molecular formula is C13H19N3. The van der Waals surface area contributed by atoms with E-state index >= 15 is 0 Å². The molecule has 1 aromatic rings. The summed E-state index contributed by atoms with van der Waals surface area (Å²) >= 11 is 0. The lowest BCUT2D eigenvalue weighted by atomic mass is 10.3. The molecule has 0 aliphatic rings. The molecule has 0 aliphatic heterocycles. The molecule has 3 nitrogen and oxygen atoms in total. The zero-order chi connectivity index (χ0) is 11.8. The molecular weight excluding hydrogens is 198 g/mol. The van der Waals surface area contributed by atoms with Crippen LogP contribution >= 0.6 is 0 Å². The first-order valence-electron chi connectivity index (χ1n) is 5.53. The number of pyridine rings is 1. The van der Waals surface area contributed by atoms with Gasteiger partial charge in [0.25, 0.3) is 0 Å². The summed E-state index contributed by atoms with van der Waals surface area (Å²) in [6.07, 6.45) is 5.26. The average Bonchev–Trinajstić information content (AvgIpc) is 2.27. The number of nitrogens with zero attached hydrogens (tertiary/aromatic N) is 2. The van der Waals surface area contributed by atoms with Gasteiger partial charge in [0.2, 0.25) is 0 Å². The maximum absolute atomic E-state index is 5.26. The van der Waals surface area contributed by atoms with Gasteiger partial charge in [0.05, 0.1) is 17.9 Å². The Bertz CT molecular complexity index is 354. The van der Waals surface area contributed by atoms with Crippen LogP contribution in [0.4, 0.5) is 0 Å². The van der Waals surface area contributed by atoms with Gasteiger partial charge in [-0.05, 0) is 25.7 Å². The summed E-state index contributed by atoms with van der Waals surface area (Å²) in [6, 6.07) is 6.11. The summed E-state index contributed by atoms with van der Waals surface area (Å²) in [5.74, 6) is 2.62. The Morgan fingerprint density at radius 3 is 2.88 bits per heavy atom. The Hall–Kier alpha value is -1.37. The summed E-state index contributed by atoms with van der Waals surface area (Å²) < 4.78 is 0. The van der Waals surface area contributed by atoms with Crippen molar-refractivity contribution in [1.29, 1.82) is 0 Å². The molecule has 0 aromatic carbocycles. The number of nitrogens with one attached hydrogen (secondary N) is 1. The van der Waals surface area contributed by atoms with Crippen LogP contribution in [-0.4, -0.2) is 30.0 Å². The van der Waals surface area contributed by atoms with Crippen molar-refractivity contribution in [1.82, 2.24) is 15.2 Å². The Balaban J connectivity index is 2.57. The Morgan fingerprint density at radius 2 is 2.19 bits per heavy atom. The van der Waals surface area contributed by atoms with Crippen LogP contribution in [0.1, 0.15) is 18.3 Å². The smallest absolute Gasteiger partial charge is 0.0599 e. The first-order valence-corrected chi connectivity index (χ1v) is 5.53. The third-order valence-corrected chi connectivity index (χ3v) is 2.21. The molecule has 1 rings (SSSR count). The van der Waals surface area contributed by atoms with Gasteiger partial charge >= 0.3 is 0 Å². The van der Waals surface area contributed by atoms with Crippen LogP contribution in [0, 0.1) is 12.3 Å². The molecule has 0 amide bonds. The molecule has 0 spiro atoms. The van der Waals surface area contributed by atoms with E-state index in [0.29, 0.717) is 6.54 Å². The monoisotopic (exact) mass is 217 g/mol. The summed E-state index contributed by atoms with van der Waals surface area (Å²) in [6.45, 7) is 5.32. The molecule has 1 aromatic heterocycles. The van der Waals surface area contributed by atoms with Crippen LogP contribution in [0.2, 0.25) is 0 Å². The second-order valence-corrected chi connectivity index (χ2v) is 3.78. The highest BCUT2D eigenvalue weighted by atomic mass is 15.1. The standard InChI is InChI=1S/C13H19N3/c1-4-9-16(3)11-13-8-6-7-12(15-13)10-14-5-2/h1,6-8,14H,5,9-11H2,2-3H3.